The molecule has 1 aliphatic heterocycles. The van der Waals surface area contributed by atoms with E-state index in [-0.39, 0.29) is 36.8 Å². The van der Waals surface area contributed by atoms with Crippen LogP contribution in [-0.4, -0.2) is 43.9 Å². The van der Waals surface area contributed by atoms with Crippen LogP contribution in [0.1, 0.15) is 19.4 Å². The van der Waals surface area contributed by atoms with Gasteiger partial charge in [-0.3, -0.25) is 4.79 Å². The van der Waals surface area contributed by atoms with Crippen LogP contribution in [0.3, 0.4) is 0 Å². The van der Waals surface area contributed by atoms with Gasteiger partial charge in [0.2, 0.25) is 5.91 Å². The van der Waals surface area contributed by atoms with E-state index in [2.05, 4.69) is 10.6 Å². The Hall–Kier alpha value is -1.51. The molecule has 1 aromatic rings. The maximum atomic E-state index is 12.9. The number of halogens is 4. The van der Waals surface area contributed by atoms with Gasteiger partial charge in [-0.25, -0.2) is 0 Å². The fourth-order valence-corrected chi connectivity index (χ4v) is 2.44. The number of hydrogen-bond donors (Lipinski definition) is 2. The molecule has 0 radical (unpaired) electrons. The van der Waals surface area contributed by atoms with Gasteiger partial charge in [-0.2, -0.15) is 13.2 Å². The molecule has 1 heterocycles. The molecule has 1 unspecified atom stereocenters. The molecule has 9 heteroatoms. The van der Waals surface area contributed by atoms with Gasteiger partial charge in [0.05, 0.1) is 24.3 Å². The summed E-state index contributed by atoms with van der Waals surface area (Å²) in [6.45, 7) is 4.50. The average molecular weight is 383 g/mol. The van der Waals surface area contributed by atoms with Gasteiger partial charge < -0.3 is 20.1 Å². The monoisotopic (exact) mass is 382 g/mol. The smallest absolute Gasteiger partial charge is 0.419 e. The van der Waals surface area contributed by atoms with Crippen molar-refractivity contribution in [3.8, 4) is 5.75 Å². The van der Waals surface area contributed by atoms with Gasteiger partial charge in [-0.15, -0.1) is 12.4 Å². The molecule has 1 fully saturated rings. The van der Waals surface area contributed by atoms with Crippen LogP contribution in [0.25, 0.3) is 0 Å². The van der Waals surface area contributed by atoms with Crippen LogP contribution in [0.4, 0.5) is 13.2 Å². The van der Waals surface area contributed by atoms with E-state index in [0.717, 1.165) is 6.07 Å². The lowest BCUT2D eigenvalue weighted by Crippen LogP contribution is -2.57. The Kier molecular flexibility index (Phi) is 7.98. The number of para-hydroxylation sites is 1. The highest BCUT2D eigenvalue weighted by atomic mass is 35.5. The van der Waals surface area contributed by atoms with E-state index in [4.69, 9.17) is 9.47 Å². The number of morpholine rings is 1. The van der Waals surface area contributed by atoms with E-state index in [1.54, 1.807) is 13.8 Å². The molecule has 1 aliphatic rings. The van der Waals surface area contributed by atoms with Crippen molar-refractivity contribution in [3.63, 3.8) is 0 Å². The molecular formula is C16H22ClF3N2O3. The van der Waals surface area contributed by atoms with E-state index in [9.17, 15) is 18.0 Å². The van der Waals surface area contributed by atoms with Crippen LogP contribution in [0.5, 0.6) is 5.75 Å². The van der Waals surface area contributed by atoms with Crippen molar-refractivity contribution in [2.24, 2.45) is 0 Å². The number of carbonyl (C=O) groups excluding carboxylic acids is 1. The summed E-state index contributed by atoms with van der Waals surface area (Å²) in [5, 5.41) is 5.77. The van der Waals surface area contributed by atoms with E-state index in [1.165, 1.54) is 18.2 Å². The molecule has 2 N–H and O–H groups in total. The summed E-state index contributed by atoms with van der Waals surface area (Å²) in [5.41, 5.74) is -0.834. The predicted molar refractivity (Wildman–Crippen MR) is 89.0 cm³/mol. The summed E-state index contributed by atoms with van der Waals surface area (Å²) >= 11 is 0. The Bertz CT molecular complexity index is 572. The molecule has 1 saturated heterocycles. The molecule has 1 aromatic carbocycles. The first-order chi connectivity index (χ1) is 11.3. The molecule has 1 amide bonds. The number of ether oxygens (including phenoxy) is 2. The van der Waals surface area contributed by atoms with Crippen molar-refractivity contribution in [1.29, 1.82) is 0 Å². The molecule has 25 heavy (non-hydrogen) atoms. The number of rotatable bonds is 5. The fraction of sp³-hybridized carbons (Fsp3) is 0.562. The van der Waals surface area contributed by atoms with Crippen LogP contribution in [0.2, 0.25) is 0 Å². The number of alkyl halides is 3. The third-order valence-electron chi connectivity index (χ3n) is 3.67. The van der Waals surface area contributed by atoms with Gasteiger partial charge in [-0.1, -0.05) is 12.1 Å². The van der Waals surface area contributed by atoms with Crippen LogP contribution in [0, 0.1) is 0 Å². The van der Waals surface area contributed by atoms with Crippen LogP contribution in [0.15, 0.2) is 24.3 Å². The summed E-state index contributed by atoms with van der Waals surface area (Å²) in [6, 6.07) is 4.06. The molecule has 0 aliphatic carbocycles. The van der Waals surface area contributed by atoms with Gasteiger partial charge in [0.25, 0.3) is 0 Å². The zero-order valence-electron chi connectivity index (χ0n) is 13.9. The maximum Gasteiger partial charge on any atom is 0.419 e. The van der Waals surface area contributed by atoms with E-state index in [1.807, 2.05) is 0 Å². The largest absolute Gasteiger partial charge is 0.491 e. The van der Waals surface area contributed by atoms with E-state index < -0.39 is 23.8 Å². The first-order valence-corrected chi connectivity index (χ1v) is 7.73. The third kappa shape index (κ3) is 6.05. The number of benzene rings is 1. The maximum absolute atomic E-state index is 12.9. The van der Waals surface area contributed by atoms with Crippen LogP contribution < -0.4 is 15.4 Å². The van der Waals surface area contributed by atoms with Crippen LogP contribution >= 0.6 is 12.4 Å². The van der Waals surface area contributed by atoms with Crippen molar-refractivity contribution in [1.82, 2.24) is 10.6 Å². The minimum absolute atomic E-state index is 0. The second-order valence-electron chi connectivity index (χ2n) is 5.72. The van der Waals surface area contributed by atoms with Crippen LogP contribution in [-0.2, 0) is 15.7 Å². The van der Waals surface area contributed by atoms with Crippen molar-refractivity contribution in [3.05, 3.63) is 29.8 Å². The van der Waals surface area contributed by atoms with Crippen molar-refractivity contribution in [2.45, 2.75) is 38.2 Å². The van der Waals surface area contributed by atoms with Gasteiger partial charge in [0.1, 0.15) is 18.4 Å². The Labute approximate surface area is 150 Å². The molecule has 0 bridgehead atoms. The second kappa shape index (κ2) is 9.26. The van der Waals surface area contributed by atoms with Crippen molar-refractivity contribution >= 4 is 18.3 Å². The highest BCUT2D eigenvalue weighted by molar-refractivity contribution is 5.85. The Morgan fingerprint density at radius 1 is 1.44 bits per heavy atom. The topological polar surface area (TPSA) is 59.6 Å². The lowest BCUT2D eigenvalue weighted by atomic mass is 10.1. The number of carbonyl (C=O) groups is 1. The lowest BCUT2D eigenvalue weighted by molar-refractivity contribution is -0.139. The molecular weight excluding hydrogens is 361 g/mol. The summed E-state index contributed by atoms with van der Waals surface area (Å²) in [6.07, 6.45) is -4.75. The Balaban J connectivity index is 0.00000312. The highest BCUT2D eigenvalue weighted by Gasteiger charge is 2.34. The van der Waals surface area contributed by atoms with Gasteiger partial charge >= 0.3 is 6.18 Å². The summed E-state index contributed by atoms with van der Waals surface area (Å²) in [4.78, 5) is 12.2. The van der Waals surface area contributed by atoms with Crippen molar-refractivity contribution < 1.29 is 27.4 Å². The van der Waals surface area contributed by atoms with Crippen molar-refractivity contribution in [2.75, 3.05) is 19.8 Å². The minimum atomic E-state index is -4.48. The Morgan fingerprint density at radius 3 is 2.76 bits per heavy atom. The number of hydrogen-bond acceptors (Lipinski definition) is 4. The SMILES string of the molecule is CC(COc1ccccc1C(F)(F)F)NC(=O)[C@H]1NCCO[C@@H]1C.Cl. The molecule has 0 aromatic heterocycles. The molecule has 142 valence electrons. The first kappa shape index (κ1) is 21.5. The zero-order chi connectivity index (χ0) is 17.7. The first-order valence-electron chi connectivity index (χ1n) is 7.73. The molecule has 5 nitrogen and oxygen atoms in total. The number of nitrogens with one attached hydrogen (secondary N) is 2. The quantitative estimate of drug-likeness (QED) is 0.821. The lowest BCUT2D eigenvalue weighted by Gasteiger charge is -2.30. The highest BCUT2D eigenvalue weighted by Crippen LogP contribution is 2.35. The number of amides is 1. The summed E-state index contributed by atoms with van der Waals surface area (Å²) in [7, 11) is 0. The molecule has 0 spiro atoms. The fourth-order valence-electron chi connectivity index (χ4n) is 2.44. The Morgan fingerprint density at radius 2 is 2.12 bits per heavy atom. The van der Waals surface area contributed by atoms with Gasteiger partial charge in [0, 0.05) is 6.54 Å². The average Bonchev–Trinajstić information content (AvgIpc) is 2.52. The zero-order valence-corrected chi connectivity index (χ0v) is 14.7. The van der Waals surface area contributed by atoms with Gasteiger partial charge in [0.15, 0.2) is 0 Å². The minimum Gasteiger partial charge on any atom is -0.491 e. The second-order valence-corrected chi connectivity index (χ2v) is 5.72. The summed E-state index contributed by atoms with van der Waals surface area (Å²) < 4.78 is 49.3. The standard InChI is InChI=1S/C16H21F3N2O3.ClH/c1-10(21-15(22)14-11(2)23-8-7-20-14)9-24-13-6-4-3-5-12(13)16(17,18)19;/h3-6,10-11,14,20H,7-9H2,1-2H3,(H,21,22);1H/t10?,11-,14+;/m1./s1. The molecule has 0 saturated carbocycles. The molecule has 3 atom stereocenters. The van der Waals surface area contributed by atoms with E-state index >= 15 is 0 Å². The third-order valence-corrected chi connectivity index (χ3v) is 3.67. The van der Waals surface area contributed by atoms with Gasteiger partial charge in [-0.05, 0) is 26.0 Å². The normalized spacial score (nSPS) is 21.8. The molecule has 2 rings (SSSR count). The summed E-state index contributed by atoms with van der Waals surface area (Å²) in [5.74, 6) is -0.513. The predicted octanol–water partition coefficient (Wildman–Crippen LogP) is 2.39. The van der Waals surface area contributed by atoms with E-state index in [0.29, 0.717) is 13.2 Å².